The highest BCUT2D eigenvalue weighted by Gasteiger charge is 2.55. The normalized spacial score (nSPS) is 31.2. The highest BCUT2D eigenvalue weighted by molar-refractivity contribution is 6.31. The lowest BCUT2D eigenvalue weighted by molar-refractivity contribution is -0.120. The fourth-order valence-corrected chi connectivity index (χ4v) is 3.34. The lowest BCUT2D eigenvalue weighted by Gasteiger charge is -2.04. The number of ketones is 1. The Bertz CT molecular complexity index is 422. The lowest BCUT2D eigenvalue weighted by atomic mass is 10.0. The summed E-state index contributed by atoms with van der Waals surface area (Å²) in [7, 11) is 0. The molecule has 1 aromatic heterocycles. The molecule has 2 aliphatic carbocycles. The molecule has 0 radical (unpaired) electrons. The van der Waals surface area contributed by atoms with Crippen molar-refractivity contribution in [3.63, 3.8) is 0 Å². The molecule has 0 bridgehead atoms. The van der Waals surface area contributed by atoms with Gasteiger partial charge in [0.15, 0.2) is 0 Å². The van der Waals surface area contributed by atoms with Crippen molar-refractivity contribution < 1.29 is 4.79 Å². The molecule has 84 valence electrons. The minimum absolute atomic E-state index is 0.345. The Hall–Kier alpha value is -0.890. The number of Topliss-reactive ketones (excluding diaryl/α,β-unsaturated/α-hetero) is 1. The second-order valence-corrected chi connectivity index (χ2v) is 5.30. The first-order valence-corrected chi connectivity index (χ1v) is 6.26. The Morgan fingerprint density at radius 1 is 1.44 bits per heavy atom. The molecule has 3 rings (SSSR count). The van der Waals surface area contributed by atoms with E-state index in [4.69, 9.17) is 11.6 Å². The third kappa shape index (κ3) is 1.65. The van der Waals surface area contributed by atoms with E-state index < -0.39 is 0 Å². The zero-order valence-corrected chi connectivity index (χ0v) is 9.78. The summed E-state index contributed by atoms with van der Waals surface area (Å²) in [5, 5.41) is 0.613. The zero-order valence-electron chi connectivity index (χ0n) is 9.03. The van der Waals surface area contributed by atoms with E-state index in [1.165, 1.54) is 19.3 Å². The number of rotatable bonds is 3. The van der Waals surface area contributed by atoms with Gasteiger partial charge < -0.3 is 0 Å². The number of carbonyl (C=O) groups excluding carboxylic acids is 1. The summed E-state index contributed by atoms with van der Waals surface area (Å²) in [6.45, 7) is 0. The molecule has 2 unspecified atom stereocenters. The zero-order chi connectivity index (χ0) is 11.1. The van der Waals surface area contributed by atoms with Crippen molar-refractivity contribution in [3.8, 4) is 0 Å². The fourth-order valence-electron chi connectivity index (χ4n) is 3.15. The van der Waals surface area contributed by atoms with Gasteiger partial charge in [-0.05, 0) is 36.3 Å². The Kier molecular flexibility index (Phi) is 2.47. The van der Waals surface area contributed by atoms with Crippen molar-refractivity contribution in [2.24, 2.45) is 17.8 Å². The second-order valence-electron chi connectivity index (χ2n) is 4.89. The Balaban J connectivity index is 1.68. The van der Waals surface area contributed by atoms with Gasteiger partial charge in [-0.25, -0.2) is 0 Å². The third-order valence-corrected chi connectivity index (χ3v) is 4.34. The van der Waals surface area contributed by atoms with Gasteiger partial charge in [-0.15, -0.1) is 0 Å². The number of aromatic nitrogens is 1. The maximum atomic E-state index is 12.1. The molecule has 3 heteroatoms. The first-order chi connectivity index (χ1) is 7.77. The van der Waals surface area contributed by atoms with Crippen molar-refractivity contribution in [2.75, 3.05) is 0 Å². The van der Waals surface area contributed by atoms with Crippen LogP contribution in [0.25, 0.3) is 0 Å². The molecular weight excluding hydrogens is 222 g/mol. The topological polar surface area (TPSA) is 30.0 Å². The molecule has 2 saturated carbocycles. The summed E-state index contributed by atoms with van der Waals surface area (Å²) in [6, 6.07) is 1.85. The van der Waals surface area contributed by atoms with Gasteiger partial charge in [-0.1, -0.05) is 18.0 Å². The van der Waals surface area contributed by atoms with Crippen LogP contribution in [0.1, 0.15) is 24.8 Å². The first kappa shape index (κ1) is 10.3. The standard InChI is InChI=1S/C13H14ClNO/c14-11-7-15-5-4-8(11)6-12(16)13-9-2-1-3-10(9)13/h4-5,7,9-10,13H,1-3,6H2. The van der Waals surface area contributed by atoms with Crippen LogP contribution < -0.4 is 0 Å². The van der Waals surface area contributed by atoms with E-state index in [1.807, 2.05) is 6.07 Å². The minimum Gasteiger partial charge on any atom is -0.299 e. The van der Waals surface area contributed by atoms with Gasteiger partial charge in [0.1, 0.15) is 5.78 Å². The van der Waals surface area contributed by atoms with E-state index in [0.29, 0.717) is 35.0 Å². The number of nitrogens with zero attached hydrogens (tertiary/aromatic N) is 1. The van der Waals surface area contributed by atoms with Crippen molar-refractivity contribution in [2.45, 2.75) is 25.7 Å². The minimum atomic E-state index is 0.345. The smallest absolute Gasteiger partial charge is 0.140 e. The van der Waals surface area contributed by atoms with Gasteiger partial charge in [-0.3, -0.25) is 9.78 Å². The van der Waals surface area contributed by atoms with Crippen LogP contribution in [0.15, 0.2) is 18.5 Å². The molecule has 2 nitrogen and oxygen atoms in total. The summed E-state index contributed by atoms with van der Waals surface area (Å²) in [5.41, 5.74) is 0.923. The monoisotopic (exact) mass is 235 g/mol. The van der Waals surface area contributed by atoms with Gasteiger partial charge in [0.25, 0.3) is 0 Å². The van der Waals surface area contributed by atoms with Gasteiger partial charge in [0.2, 0.25) is 0 Å². The largest absolute Gasteiger partial charge is 0.299 e. The summed E-state index contributed by atoms with van der Waals surface area (Å²) in [5.74, 6) is 2.13. The average molecular weight is 236 g/mol. The van der Waals surface area contributed by atoms with Crippen LogP contribution in [-0.2, 0) is 11.2 Å². The summed E-state index contributed by atoms with van der Waals surface area (Å²) >= 11 is 6.00. The Labute approximate surface area is 100 Å². The van der Waals surface area contributed by atoms with E-state index in [-0.39, 0.29) is 0 Å². The van der Waals surface area contributed by atoms with Crippen LogP contribution >= 0.6 is 11.6 Å². The number of pyridine rings is 1. The number of halogens is 1. The van der Waals surface area contributed by atoms with Crippen LogP contribution in [0.3, 0.4) is 0 Å². The maximum absolute atomic E-state index is 12.1. The maximum Gasteiger partial charge on any atom is 0.140 e. The van der Waals surface area contributed by atoms with Gasteiger partial charge in [0, 0.05) is 24.7 Å². The molecule has 0 aliphatic heterocycles. The van der Waals surface area contributed by atoms with Crippen LogP contribution in [0.5, 0.6) is 0 Å². The number of carbonyl (C=O) groups is 1. The molecule has 1 heterocycles. The lowest BCUT2D eigenvalue weighted by Crippen LogP contribution is -2.09. The molecular formula is C13H14ClNO. The summed E-state index contributed by atoms with van der Waals surface area (Å²) in [6.07, 6.45) is 7.62. The molecule has 0 saturated heterocycles. The molecule has 1 aromatic rings. The molecule has 2 fully saturated rings. The highest BCUT2D eigenvalue weighted by Crippen LogP contribution is 2.58. The molecule has 16 heavy (non-hydrogen) atoms. The summed E-state index contributed by atoms with van der Waals surface area (Å²) in [4.78, 5) is 16.0. The van der Waals surface area contributed by atoms with Crippen LogP contribution in [0.2, 0.25) is 5.02 Å². The number of hydrogen-bond donors (Lipinski definition) is 0. The molecule has 2 aliphatic rings. The van der Waals surface area contributed by atoms with E-state index in [1.54, 1.807) is 12.4 Å². The molecule has 2 atom stereocenters. The molecule has 0 aromatic carbocycles. The van der Waals surface area contributed by atoms with E-state index in [9.17, 15) is 4.79 Å². The van der Waals surface area contributed by atoms with E-state index in [2.05, 4.69) is 4.98 Å². The first-order valence-electron chi connectivity index (χ1n) is 5.88. The molecule has 0 N–H and O–H groups in total. The Morgan fingerprint density at radius 3 is 2.88 bits per heavy atom. The number of fused-ring (bicyclic) bond motifs is 1. The Morgan fingerprint density at radius 2 is 2.19 bits per heavy atom. The predicted molar refractivity (Wildman–Crippen MR) is 62.3 cm³/mol. The van der Waals surface area contributed by atoms with E-state index >= 15 is 0 Å². The van der Waals surface area contributed by atoms with Gasteiger partial charge in [0.05, 0.1) is 5.02 Å². The van der Waals surface area contributed by atoms with Gasteiger partial charge in [-0.2, -0.15) is 0 Å². The quantitative estimate of drug-likeness (QED) is 0.807. The van der Waals surface area contributed by atoms with Crippen molar-refractivity contribution >= 4 is 17.4 Å². The van der Waals surface area contributed by atoms with Crippen LogP contribution in [0.4, 0.5) is 0 Å². The van der Waals surface area contributed by atoms with Gasteiger partial charge >= 0.3 is 0 Å². The fraction of sp³-hybridized carbons (Fsp3) is 0.538. The molecule has 0 spiro atoms. The van der Waals surface area contributed by atoms with E-state index in [0.717, 1.165) is 5.56 Å². The highest BCUT2D eigenvalue weighted by atomic mass is 35.5. The predicted octanol–water partition coefficient (Wildman–Crippen LogP) is 2.89. The summed E-state index contributed by atoms with van der Waals surface area (Å²) < 4.78 is 0. The second kappa shape index (κ2) is 3.85. The van der Waals surface area contributed by atoms with Crippen molar-refractivity contribution in [3.05, 3.63) is 29.0 Å². The molecule has 0 amide bonds. The SMILES string of the molecule is O=C(Cc1ccncc1Cl)C1C2CCCC21. The third-order valence-electron chi connectivity index (χ3n) is 4.00. The van der Waals surface area contributed by atoms with Crippen molar-refractivity contribution in [1.29, 1.82) is 0 Å². The average Bonchev–Trinajstić information content (AvgIpc) is 2.76. The van der Waals surface area contributed by atoms with Crippen LogP contribution in [0, 0.1) is 17.8 Å². The van der Waals surface area contributed by atoms with Crippen LogP contribution in [-0.4, -0.2) is 10.8 Å². The van der Waals surface area contributed by atoms with Crippen molar-refractivity contribution in [1.82, 2.24) is 4.98 Å². The number of hydrogen-bond acceptors (Lipinski definition) is 2.